The van der Waals surface area contributed by atoms with Gasteiger partial charge >= 0.3 is 0 Å². The number of hydrogen-bond acceptors (Lipinski definition) is 2. The summed E-state index contributed by atoms with van der Waals surface area (Å²) in [6, 6.07) is 7.73. The number of aliphatic imine (C=N–C) groups is 1. The van der Waals surface area contributed by atoms with Crippen LogP contribution >= 0.6 is 24.0 Å². The predicted octanol–water partition coefficient (Wildman–Crippen LogP) is 1.64. The van der Waals surface area contributed by atoms with Gasteiger partial charge in [-0.25, -0.2) is 4.99 Å². The summed E-state index contributed by atoms with van der Waals surface area (Å²) < 4.78 is 0. The Morgan fingerprint density at radius 1 is 1.53 bits per heavy atom. The van der Waals surface area contributed by atoms with Crippen LogP contribution in [0.15, 0.2) is 41.9 Å². The highest BCUT2D eigenvalue weighted by Gasteiger charge is 1.99. The molecule has 1 aromatic rings. The maximum atomic E-state index is 11.3. The fourth-order valence-corrected chi connectivity index (χ4v) is 1.31. The molecule has 1 amide bonds. The fraction of sp³-hybridized carbons (Fsp3) is 0.231. The van der Waals surface area contributed by atoms with E-state index in [-0.39, 0.29) is 42.4 Å². The molecule has 0 aliphatic heterocycles. The van der Waals surface area contributed by atoms with Crippen LogP contribution in [-0.4, -0.2) is 25.0 Å². The number of rotatable bonds is 5. The molecule has 0 heterocycles. The number of halogens is 1. The van der Waals surface area contributed by atoms with E-state index in [0.29, 0.717) is 6.54 Å². The Kier molecular flexibility index (Phi) is 8.60. The van der Waals surface area contributed by atoms with Crippen molar-refractivity contribution in [2.24, 2.45) is 10.7 Å². The molecular weight excluding hydrogens is 355 g/mol. The summed E-state index contributed by atoms with van der Waals surface area (Å²) in [5.74, 6) is 0.0262. The molecule has 0 radical (unpaired) electrons. The molecule has 0 unspecified atom stereocenters. The summed E-state index contributed by atoms with van der Waals surface area (Å²) in [7, 11) is 0. The summed E-state index contributed by atoms with van der Waals surface area (Å²) in [5.41, 5.74) is 7.64. The van der Waals surface area contributed by atoms with Gasteiger partial charge in [0.25, 0.3) is 0 Å². The highest BCUT2D eigenvalue weighted by molar-refractivity contribution is 14.0. The van der Waals surface area contributed by atoms with Gasteiger partial charge in [0.05, 0.1) is 0 Å². The Morgan fingerprint density at radius 2 is 2.26 bits per heavy atom. The second kappa shape index (κ2) is 9.37. The first-order chi connectivity index (χ1) is 8.61. The lowest BCUT2D eigenvalue weighted by Crippen LogP contribution is -2.29. The number of guanidine groups is 1. The van der Waals surface area contributed by atoms with Crippen LogP contribution in [0.25, 0.3) is 0 Å². The van der Waals surface area contributed by atoms with Crippen molar-refractivity contribution in [3.05, 3.63) is 42.5 Å². The van der Waals surface area contributed by atoms with Crippen LogP contribution in [0.5, 0.6) is 0 Å². The number of nitrogens with zero attached hydrogens (tertiary/aromatic N) is 1. The minimum Gasteiger partial charge on any atom is -0.370 e. The maximum Gasteiger partial charge on any atom is 0.242 e. The van der Waals surface area contributed by atoms with Crippen molar-refractivity contribution >= 4 is 41.5 Å². The average Bonchev–Trinajstić information content (AvgIpc) is 2.34. The summed E-state index contributed by atoms with van der Waals surface area (Å²) in [6.45, 7) is 5.92. The van der Waals surface area contributed by atoms with Gasteiger partial charge in [-0.05, 0) is 24.6 Å². The number of amides is 1. The van der Waals surface area contributed by atoms with Crippen LogP contribution in [0.3, 0.4) is 0 Å². The van der Waals surface area contributed by atoms with E-state index in [1.807, 2.05) is 31.2 Å². The van der Waals surface area contributed by atoms with Gasteiger partial charge in [0.1, 0.15) is 6.54 Å². The zero-order valence-corrected chi connectivity index (χ0v) is 13.2. The molecule has 0 saturated carbocycles. The van der Waals surface area contributed by atoms with Gasteiger partial charge in [0, 0.05) is 12.2 Å². The monoisotopic (exact) mass is 374 g/mol. The van der Waals surface area contributed by atoms with Crippen LogP contribution in [0.2, 0.25) is 0 Å². The van der Waals surface area contributed by atoms with E-state index in [2.05, 4.69) is 22.2 Å². The van der Waals surface area contributed by atoms with E-state index >= 15 is 0 Å². The molecule has 0 aromatic heterocycles. The zero-order valence-electron chi connectivity index (χ0n) is 10.8. The minimum atomic E-state index is -0.191. The SMILES string of the molecule is C=CCNC(=O)CN=C(N)Nc1cccc(C)c1.I. The Bertz CT molecular complexity index is 460. The summed E-state index contributed by atoms with van der Waals surface area (Å²) >= 11 is 0. The number of benzene rings is 1. The Hall–Kier alpha value is -1.57. The summed E-state index contributed by atoms with van der Waals surface area (Å²) in [5, 5.41) is 5.54. The molecule has 1 rings (SSSR count). The Labute approximate surface area is 130 Å². The van der Waals surface area contributed by atoms with E-state index in [1.165, 1.54) is 0 Å². The van der Waals surface area contributed by atoms with Crippen LogP contribution in [0.1, 0.15) is 5.56 Å². The van der Waals surface area contributed by atoms with Gasteiger partial charge < -0.3 is 16.4 Å². The highest BCUT2D eigenvalue weighted by atomic mass is 127. The summed E-state index contributed by atoms with van der Waals surface area (Å²) in [6.07, 6.45) is 1.61. The molecule has 0 aliphatic rings. The molecule has 0 aliphatic carbocycles. The first kappa shape index (κ1) is 17.4. The molecule has 5 nitrogen and oxygen atoms in total. The van der Waals surface area contributed by atoms with Crippen molar-refractivity contribution in [2.75, 3.05) is 18.4 Å². The van der Waals surface area contributed by atoms with Crippen molar-refractivity contribution < 1.29 is 4.79 Å². The minimum absolute atomic E-state index is 0. The molecule has 6 heteroatoms. The predicted molar refractivity (Wildman–Crippen MR) is 89.9 cm³/mol. The van der Waals surface area contributed by atoms with E-state index < -0.39 is 0 Å². The quantitative estimate of drug-likeness (QED) is 0.317. The first-order valence-corrected chi connectivity index (χ1v) is 5.63. The number of nitrogens with one attached hydrogen (secondary N) is 2. The van der Waals surface area contributed by atoms with Crippen LogP contribution in [0.4, 0.5) is 5.69 Å². The molecule has 19 heavy (non-hydrogen) atoms. The second-order valence-corrected chi connectivity index (χ2v) is 3.79. The van der Waals surface area contributed by atoms with Gasteiger partial charge in [0.2, 0.25) is 5.91 Å². The Morgan fingerprint density at radius 3 is 2.89 bits per heavy atom. The molecule has 0 spiro atoms. The van der Waals surface area contributed by atoms with Crippen molar-refractivity contribution in [1.29, 1.82) is 0 Å². The largest absolute Gasteiger partial charge is 0.370 e. The third-order valence-electron chi connectivity index (χ3n) is 2.13. The van der Waals surface area contributed by atoms with E-state index in [0.717, 1.165) is 11.3 Å². The number of aryl methyl sites for hydroxylation is 1. The normalized spacial score (nSPS) is 10.3. The van der Waals surface area contributed by atoms with E-state index in [4.69, 9.17) is 5.73 Å². The van der Waals surface area contributed by atoms with Gasteiger partial charge in [0.15, 0.2) is 5.96 Å². The standard InChI is InChI=1S/C13H18N4O.HI/c1-3-7-15-12(18)9-16-13(14)17-11-6-4-5-10(2)8-11;/h3-6,8H,1,7,9H2,2H3,(H,15,18)(H3,14,16,17);1H. The number of carbonyl (C=O) groups is 1. The molecule has 4 N–H and O–H groups in total. The molecule has 0 fully saturated rings. The van der Waals surface area contributed by atoms with E-state index in [9.17, 15) is 4.79 Å². The number of hydrogen-bond donors (Lipinski definition) is 3. The summed E-state index contributed by atoms with van der Waals surface area (Å²) in [4.78, 5) is 15.2. The molecule has 0 saturated heterocycles. The lowest BCUT2D eigenvalue weighted by molar-refractivity contribution is -0.119. The molecule has 1 aromatic carbocycles. The number of nitrogens with two attached hydrogens (primary N) is 1. The third kappa shape index (κ3) is 7.45. The molecular formula is C13H19IN4O. The zero-order chi connectivity index (χ0) is 13.4. The molecule has 104 valence electrons. The molecule has 0 atom stereocenters. The third-order valence-corrected chi connectivity index (χ3v) is 2.13. The maximum absolute atomic E-state index is 11.3. The topological polar surface area (TPSA) is 79.5 Å². The van der Waals surface area contributed by atoms with Crippen molar-refractivity contribution in [1.82, 2.24) is 5.32 Å². The van der Waals surface area contributed by atoms with Crippen molar-refractivity contribution in [3.63, 3.8) is 0 Å². The van der Waals surface area contributed by atoms with Crippen LogP contribution in [-0.2, 0) is 4.79 Å². The number of carbonyl (C=O) groups excluding carboxylic acids is 1. The molecule has 0 bridgehead atoms. The van der Waals surface area contributed by atoms with Crippen molar-refractivity contribution in [3.8, 4) is 0 Å². The van der Waals surface area contributed by atoms with Crippen LogP contribution < -0.4 is 16.4 Å². The second-order valence-electron chi connectivity index (χ2n) is 3.79. The number of anilines is 1. The van der Waals surface area contributed by atoms with Crippen molar-refractivity contribution in [2.45, 2.75) is 6.92 Å². The lowest BCUT2D eigenvalue weighted by atomic mass is 10.2. The van der Waals surface area contributed by atoms with Gasteiger partial charge in [-0.15, -0.1) is 30.6 Å². The smallest absolute Gasteiger partial charge is 0.242 e. The first-order valence-electron chi connectivity index (χ1n) is 5.63. The van der Waals surface area contributed by atoms with E-state index in [1.54, 1.807) is 6.08 Å². The lowest BCUT2D eigenvalue weighted by Gasteiger charge is -2.06. The van der Waals surface area contributed by atoms with Gasteiger partial charge in [-0.1, -0.05) is 18.2 Å². The van der Waals surface area contributed by atoms with Crippen LogP contribution in [0, 0.1) is 6.92 Å². The van der Waals surface area contributed by atoms with Gasteiger partial charge in [-0.3, -0.25) is 4.79 Å². The Balaban J connectivity index is 0.00000324. The average molecular weight is 374 g/mol. The van der Waals surface area contributed by atoms with Gasteiger partial charge in [-0.2, -0.15) is 0 Å². The highest BCUT2D eigenvalue weighted by Crippen LogP contribution is 2.08. The fourth-order valence-electron chi connectivity index (χ4n) is 1.31.